The summed E-state index contributed by atoms with van der Waals surface area (Å²) in [6.45, 7) is 5.01. The smallest absolute Gasteiger partial charge is 0.239 e. The van der Waals surface area contributed by atoms with Crippen LogP contribution in [0.1, 0.15) is 44.0 Å². The molecule has 29 heavy (non-hydrogen) atoms. The van der Waals surface area contributed by atoms with Gasteiger partial charge in [-0.3, -0.25) is 9.59 Å². The molecule has 2 aliphatic rings. The van der Waals surface area contributed by atoms with Crippen LogP contribution in [-0.4, -0.2) is 24.8 Å². The number of hydrogen-bond donors (Lipinski definition) is 2. The maximum Gasteiger partial charge on any atom is 0.239 e. The first-order valence-corrected chi connectivity index (χ1v) is 11.1. The van der Waals surface area contributed by atoms with E-state index in [1.54, 1.807) is 11.3 Å². The van der Waals surface area contributed by atoms with Gasteiger partial charge in [-0.1, -0.05) is 32.0 Å². The highest BCUT2D eigenvalue weighted by atomic mass is 32.1. The number of thiophene rings is 1. The molecule has 0 spiro atoms. The molecule has 0 bridgehead atoms. The minimum absolute atomic E-state index is 0.0256. The third-order valence-electron chi connectivity index (χ3n) is 5.37. The van der Waals surface area contributed by atoms with Crippen LogP contribution in [-0.2, 0) is 9.59 Å². The van der Waals surface area contributed by atoms with E-state index in [9.17, 15) is 9.59 Å². The van der Waals surface area contributed by atoms with Crippen LogP contribution < -0.4 is 15.5 Å². The molecular formula is C23H27N3O2S. The molecule has 5 nitrogen and oxygen atoms in total. The van der Waals surface area contributed by atoms with Crippen molar-refractivity contribution >= 4 is 34.4 Å². The lowest BCUT2D eigenvalue weighted by atomic mass is 9.88. The molecule has 0 saturated heterocycles. The van der Waals surface area contributed by atoms with Gasteiger partial charge in [-0.25, -0.2) is 0 Å². The van der Waals surface area contributed by atoms with E-state index in [1.807, 2.05) is 35.7 Å². The molecule has 0 saturated carbocycles. The summed E-state index contributed by atoms with van der Waals surface area (Å²) in [6.07, 6.45) is 2.27. The number of allylic oxidation sites excluding steroid dienone is 1. The summed E-state index contributed by atoms with van der Waals surface area (Å²) in [7, 11) is 0. The number of Topliss-reactive ketones (excluding diaryl/α,β-unsaturated/α-hetero) is 1. The van der Waals surface area contributed by atoms with Gasteiger partial charge >= 0.3 is 0 Å². The van der Waals surface area contributed by atoms with Crippen LogP contribution in [0, 0.1) is 5.92 Å². The number of rotatable bonds is 5. The molecule has 1 aromatic carbocycles. The second-order valence-corrected chi connectivity index (χ2v) is 9.03. The summed E-state index contributed by atoms with van der Waals surface area (Å²) in [5, 5.41) is 8.59. The van der Waals surface area contributed by atoms with Crippen LogP contribution in [0.25, 0.3) is 0 Å². The second-order valence-electron chi connectivity index (χ2n) is 8.05. The van der Waals surface area contributed by atoms with E-state index in [2.05, 4.69) is 35.4 Å². The van der Waals surface area contributed by atoms with Gasteiger partial charge in [0.1, 0.15) is 0 Å². The highest BCUT2D eigenvalue weighted by Gasteiger charge is 2.37. The predicted molar refractivity (Wildman–Crippen MR) is 118 cm³/mol. The summed E-state index contributed by atoms with van der Waals surface area (Å²) >= 11 is 1.63. The molecule has 6 heteroatoms. The van der Waals surface area contributed by atoms with Gasteiger partial charge in [-0.05, 0) is 42.3 Å². The van der Waals surface area contributed by atoms with Crippen molar-refractivity contribution in [3.63, 3.8) is 0 Å². The van der Waals surface area contributed by atoms with E-state index in [-0.39, 0.29) is 24.3 Å². The lowest BCUT2D eigenvalue weighted by Gasteiger charge is -2.34. The minimum atomic E-state index is -0.251. The van der Waals surface area contributed by atoms with Crippen molar-refractivity contribution in [3.05, 3.63) is 57.9 Å². The van der Waals surface area contributed by atoms with Crippen LogP contribution in [0.2, 0.25) is 0 Å². The highest BCUT2D eigenvalue weighted by Crippen LogP contribution is 2.45. The van der Waals surface area contributed by atoms with Crippen molar-refractivity contribution < 1.29 is 9.59 Å². The number of hydrogen-bond acceptors (Lipinski definition) is 5. The lowest BCUT2D eigenvalue weighted by molar-refractivity contribution is -0.120. The van der Waals surface area contributed by atoms with Crippen molar-refractivity contribution in [3.8, 4) is 0 Å². The monoisotopic (exact) mass is 409 g/mol. The first-order chi connectivity index (χ1) is 14.0. The number of fused-ring (bicyclic) bond motifs is 1. The third kappa shape index (κ3) is 4.08. The fraction of sp³-hybridized carbons (Fsp3) is 0.391. The fourth-order valence-electron chi connectivity index (χ4n) is 4.05. The quantitative estimate of drug-likeness (QED) is 0.763. The molecule has 0 radical (unpaired) electrons. The fourth-order valence-corrected chi connectivity index (χ4v) is 4.89. The van der Waals surface area contributed by atoms with Gasteiger partial charge in [0.15, 0.2) is 5.78 Å². The molecule has 1 amide bonds. The SMILES string of the molecule is CC(C)CNC(=O)CN1c2ccccc2NC2=C(C(=O)CCC2)[C@@H]1c1cccs1. The van der Waals surface area contributed by atoms with E-state index in [0.717, 1.165) is 40.4 Å². The molecule has 0 unspecified atom stereocenters. The normalized spacial score (nSPS) is 18.8. The number of ketones is 1. The summed E-state index contributed by atoms with van der Waals surface area (Å²) in [6, 6.07) is 11.8. The Kier molecular flexibility index (Phi) is 5.72. The maximum atomic E-state index is 13.1. The van der Waals surface area contributed by atoms with Crippen molar-refractivity contribution in [1.82, 2.24) is 5.32 Å². The molecule has 1 aromatic heterocycles. The van der Waals surface area contributed by atoms with E-state index in [1.165, 1.54) is 0 Å². The Bertz CT molecular complexity index is 933. The lowest BCUT2D eigenvalue weighted by Crippen LogP contribution is -2.41. The van der Waals surface area contributed by atoms with Gasteiger partial charge in [0.05, 0.1) is 24.0 Å². The largest absolute Gasteiger partial charge is 0.357 e. The molecule has 1 aliphatic carbocycles. The highest BCUT2D eigenvalue weighted by molar-refractivity contribution is 7.10. The summed E-state index contributed by atoms with van der Waals surface area (Å²) in [5.74, 6) is 0.541. The average molecular weight is 410 g/mol. The Morgan fingerprint density at radius 3 is 2.83 bits per heavy atom. The van der Waals surface area contributed by atoms with Crippen molar-refractivity contribution in [2.75, 3.05) is 23.3 Å². The Labute approximate surface area is 175 Å². The van der Waals surface area contributed by atoms with Crippen LogP contribution in [0.3, 0.4) is 0 Å². The molecule has 0 fully saturated rings. The molecule has 2 N–H and O–H groups in total. The number of para-hydroxylation sites is 2. The number of amides is 1. The zero-order valence-corrected chi connectivity index (χ0v) is 17.7. The molecule has 1 atom stereocenters. The predicted octanol–water partition coefficient (Wildman–Crippen LogP) is 4.50. The van der Waals surface area contributed by atoms with E-state index in [0.29, 0.717) is 18.9 Å². The van der Waals surface area contributed by atoms with Gasteiger partial charge in [-0.2, -0.15) is 0 Å². The zero-order valence-electron chi connectivity index (χ0n) is 16.9. The van der Waals surface area contributed by atoms with Crippen LogP contribution in [0.5, 0.6) is 0 Å². The number of nitrogens with zero attached hydrogens (tertiary/aromatic N) is 1. The van der Waals surface area contributed by atoms with Crippen LogP contribution in [0.15, 0.2) is 53.0 Å². The van der Waals surface area contributed by atoms with Gasteiger partial charge in [0, 0.05) is 29.1 Å². The van der Waals surface area contributed by atoms with E-state index >= 15 is 0 Å². The van der Waals surface area contributed by atoms with Gasteiger partial charge in [0.2, 0.25) is 5.91 Å². The van der Waals surface area contributed by atoms with Crippen LogP contribution in [0.4, 0.5) is 11.4 Å². The molecule has 2 heterocycles. The summed E-state index contributed by atoms with van der Waals surface area (Å²) < 4.78 is 0. The topological polar surface area (TPSA) is 61.4 Å². The Hall–Kier alpha value is -2.60. The molecule has 152 valence electrons. The zero-order chi connectivity index (χ0) is 20.4. The molecular weight excluding hydrogens is 382 g/mol. The average Bonchev–Trinajstić information content (AvgIpc) is 3.18. The van der Waals surface area contributed by atoms with Crippen molar-refractivity contribution in [2.45, 2.75) is 39.2 Å². The van der Waals surface area contributed by atoms with Gasteiger partial charge in [-0.15, -0.1) is 11.3 Å². The Balaban J connectivity index is 1.81. The first-order valence-electron chi connectivity index (χ1n) is 10.2. The molecule has 4 rings (SSSR count). The number of benzene rings is 1. The summed E-state index contributed by atoms with van der Waals surface area (Å²) in [5.41, 5.74) is 3.71. The number of nitrogens with one attached hydrogen (secondary N) is 2. The van der Waals surface area contributed by atoms with Gasteiger partial charge < -0.3 is 15.5 Å². The first kappa shape index (κ1) is 19.7. The maximum absolute atomic E-state index is 13.1. The van der Waals surface area contributed by atoms with Crippen molar-refractivity contribution in [1.29, 1.82) is 0 Å². The van der Waals surface area contributed by atoms with Crippen LogP contribution >= 0.6 is 11.3 Å². The number of anilines is 2. The second kappa shape index (κ2) is 8.41. The standard InChI is InChI=1S/C23H27N3O2S/c1-15(2)13-24-21(28)14-26-18-9-4-3-7-16(18)25-17-8-5-10-19(27)22(17)23(26)20-11-6-12-29-20/h3-4,6-7,9,11-12,15,23,25H,5,8,10,13-14H2,1-2H3,(H,24,28)/t23-/m0/s1. The third-order valence-corrected chi connectivity index (χ3v) is 6.30. The van der Waals surface area contributed by atoms with E-state index < -0.39 is 0 Å². The van der Waals surface area contributed by atoms with Gasteiger partial charge in [0.25, 0.3) is 0 Å². The molecule has 1 aliphatic heterocycles. The van der Waals surface area contributed by atoms with Crippen molar-refractivity contribution in [2.24, 2.45) is 5.92 Å². The Morgan fingerprint density at radius 2 is 2.07 bits per heavy atom. The summed E-state index contributed by atoms with van der Waals surface area (Å²) in [4.78, 5) is 29.1. The Morgan fingerprint density at radius 1 is 1.24 bits per heavy atom. The number of carbonyl (C=O) groups excluding carboxylic acids is 2. The van der Waals surface area contributed by atoms with E-state index in [4.69, 9.17) is 0 Å². The number of carbonyl (C=O) groups is 2. The molecule has 2 aromatic rings. The minimum Gasteiger partial charge on any atom is -0.357 e.